The Morgan fingerprint density at radius 2 is 1.92 bits per heavy atom. The summed E-state index contributed by atoms with van der Waals surface area (Å²) in [6.45, 7) is 3.78. The first kappa shape index (κ1) is 18.3. The van der Waals surface area contributed by atoms with Crippen LogP contribution in [0.15, 0.2) is 42.5 Å². The molecule has 2 aromatic carbocycles. The number of benzene rings is 2. The molecule has 0 aliphatic heterocycles. The van der Waals surface area contributed by atoms with Crippen LogP contribution in [-0.4, -0.2) is 11.9 Å². The summed E-state index contributed by atoms with van der Waals surface area (Å²) in [5.74, 6) is -0.172. The van der Waals surface area contributed by atoms with Gasteiger partial charge < -0.3 is 10.6 Å². The van der Waals surface area contributed by atoms with Crippen molar-refractivity contribution in [1.82, 2.24) is 0 Å². The van der Waals surface area contributed by atoms with Gasteiger partial charge in [-0.15, -0.1) is 0 Å². The standard InChI is InChI=1S/C18H17Cl2N3O/c1-11(15-8-7-14(19)9-16(15)20)22-12(2)18(24)23-17-6-4-3-5-13(17)10-21/h3-9,11-12,22H,1-2H3,(H,23,24)/p+1/t11-,12-/m0/s1. The van der Waals surface area contributed by atoms with E-state index in [2.05, 4.69) is 11.4 Å². The van der Waals surface area contributed by atoms with Crippen molar-refractivity contribution in [3.63, 3.8) is 0 Å². The van der Waals surface area contributed by atoms with Crippen molar-refractivity contribution in [2.45, 2.75) is 25.9 Å². The molecule has 0 fully saturated rings. The second-order valence-electron chi connectivity index (χ2n) is 5.58. The molecule has 0 aliphatic carbocycles. The summed E-state index contributed by atoms with van der Waals surface area (Å²) in [6, 6.07) is 14.0. The number of quaternary nitrogens is 1. The van der Waals surface area contributed by atoms with Gasteiger partial charge in [0.1, 0.15) is 12.1 Å². The van der Waals surface area contributed by atoms with Gasteiger partial charge in [-0.05, 0) is 38.1 Å². The molecular weight excluding hydrogens is 345 g/mol. The van der Waals surface area contributed by atoms with Crippen LogP contribution in [-0.2, 0) is 4.79 Å². The fraction of sp³-hybridized carbons (Fsp3) is 0.222. The fourth-order valence-electron chi connectivity index (χ4n) is 2.43. The highest BCUT2D eigenvalue weighted by Crippen LogP contribution is 2.24. The van der Waals surface area contributed by atoms with Crippen LogP contribution in [0.3, 0.4) is 0 Å². The Morgan fingerprint density at radius 3 is 2.58 bits per heavy atom. The lowest BCUT2D eigenvalue weighted by Gasteiger charge is -2.18. The molecule has 2 aromatic rings. The van der Waals surface area contributed by atoms with Crippen LogP contribution in [0.5, 0.6) is 0 Å². The minimum atomic E-state index is -0.349. The summed E-state index contributed by atoms with van der Waals surface area (Å²) in [4.78, 5) is 12.4. The van der Waals surface area contributed by atoms with E-state index in [1.54, 1.807) is 36.4 Å². The van der Waals surface area contributed by atoms with Gasteiger partial charge in [0.05, 0.1) is 16.3 Å². The molecule has 0 saturated carbocycles. The number of halogens is 2. The molecule has 0 aliphatic rings. The van der Waals surface area contributed by atoms with Crippen molar-refractivity contribution in [2.75, 3.05) is 5.32 Å². The molecule has 0 aromatic heterocycles. The maximum Gasteiger partial charge on any atom is 0.282 e. The zero-order valence-corrected chi connectivity index (χ0v) is 14.9. The summed E-state index contributed by atoms with van der Waals surface area (Å²) in [6.07, 6.45) is 0. The Labute approximate surface area is 151 Å². The largest absolute Gasteiger partial charge is 0.330 e. The number of carbonyl (C=O) groups excluding carboxylic acids is 1. The predicted octanol–water partition coefficient (Wildman–Crippen LogP) is 3.52. The Kier molecular flexibility index (Phi) is 6.22. The second kappa shape index (κ2) is 8.16. The Bertz CT molecular complexity index is 786. The van der Waals surface area contributed by atoms with Gasteiger partial charge >= 0.3 is 0 Å². The van der Waals surface area contributed by atoms with Crippen LogP contribution in [0, 0.1) is 11.3 Å². The van der Waals surface area contributed by atoms with E-state index in [9.17, 15) is 4.79 Å². The number of hydrogen-bond donors (Lipinski definition) is 2. The quantitative estimate of drug-likeness (QED) is 0.854. The zero-order chi connectivity index (χ0) is 17.7. The first-order valence-electron chi connectivity index (χ1n) is 7.52. The third-order valence-electron chi connectivity index (χ3n) is 3.75. The van der Waals surface area contributed by atoms with Crippen molar-refractivity contribution >= 4 is 34.8 Å². The molecule has 0 spiro atoms. The summed E-state index contributed by atoms with van der Waals surface area (Å²) < 4.78 is 0. The van der Waals surface area contributed by atoms with E-state index in [0.717, 1.165) is 5.56 Å². The van der Waals surface area contributed by atoms with Gasteiger partial charge in [-0.25, -0.2) is 0 Å². The minimum Gasteiger partial charge on any atom is -0.330 e. The summed E-state index contributed by atoms with van der Waals surface area (Å²) in [7, 11) is 0. The van der Waals surface area contributed by atoms with Gasteiger partial charge in [-0.2, -0.15) is 5.26 Å². The van der Waals surface area contributed by atoms with Crippen LogP contribution >= 0.6 is 23.2 Å². The van der Waals surface area contributed by atoms with E-state index in [-0.39, 0.29) is 18.0 Å². The highest BCUT2D eigenvalue weighted by atomic mass is 35.5. The van der Waals surface area contributed by atoms with E-state index >= 15 is 0 Å². The van der Waals surface area contributed by atoms with Gasteiger partial charge in [0.25, 0.3) is 5.91 Å². The van der Waals surface area contributed by atoms with Gasteiger partial charge in [0, 0.05) is 10.6 Å². The molecular formula is C18H18Cl2N3O+. The lowest BCUT2D eigenvalue weighted by molar-refractivity contribution is -0.709. The average molecular weight is 363 g/mol. The van der Waals surface area contributed by atoms with Crippen molar-refractivity contribution in [3.05, 3.63) is 63.6 Å². The number of nitriles is 1. The highest BCUT2D eigenvalue weighted by Gasteiger charge is 2.22. The topological polar surface area (TPSA) is 69.5 Å². The number of nitrogens with one attached hydrogen (secondary N) is 1. The Hall–Kier alpha value is -2.06. The highest BCUT2D eigenvalue weighted by molar-refractivity contribution is 6.35. The molecule has 0 radical (unpaired) electrons. The molecule has 0 heterocycles. The molecule has 6 heteroatoms. The van der Waals surface area contributed by atoms with E-state index in [4.69, 9.17) is 28.5 Å². The van der Waals surface area contributed by atoms with Crippen molar-refractivity contribution in [1.29, 1.82) is 5.26 Å². The number of nitrogens with zero attached hydrogens (tertiary/aromatic N) is 1. The molecule has 4 nitrogen and oxygen atoms in total. The molecule has 0 saturated heterocycles. The van der Waals surface area contributed by atoms with Gasteiger partial charge in [-0.1, -0.05) is 41.4 Å². The van der Waals surface area contributed by atoms with E-state index in [0.29, 0.717) is 21.3 Å². The third kappa shape index (κ3) is 4.48. The lowest BCUT2D eigenvalue weighted by atomic mass is 10.1. The number of nitrogens with two attached hydrogens (primary N) is 1. The molecule has 124 valence electrons. The monoisotopic (exact) mass is 362 g/mol. The molecule has 0 unspecified atom stereocenters. The van der Waals surface area contributed by atoms with Crippen LogP contribution in [0.4, 0.5) is 5.69 Å². The van der Waals surface area contributed by atoms with Crippen molar-refractivity contribution in [3.8, 4) is 6.07 Å². The predicted molar refractivity (Wildman–Crippen MR) is 96.1 cm³/mol. The minimum absolute atomic E-state index is 0.0123. The second-order valence-corrected chi connectivity index (χ2v) is 6.43. The van der Waals surface area contributed by atoms with E-state index in [1.165, 1.54) is 0 Å². The molecule has 2 rings (SSSR count). The van der Waals surface area contributed by atoms with Crippen LogP contribution in [0.25, 0.3) is 0 Å². The van der Waals surface area contributed by atoms with E-state index in [1.807, 2.05) is 25.2 Å². The van der Waals surface area contributed by atoms with Gasteiger partial charge in [0.2, 0.25) is 0 Å². The maximum atomic E-state index is 12.4. The Morgan fingerprint density at radius 1 is 1.21 bits per heavy atom. The normalized spacial score (nSPS) is 13.0. The first-order valence-corrected chi connectivity index (χ1v) is 8.28. The SMILES string of the molecule is C[C@H]([NH2+][C@@H](C)c1ccc(Cl)cc1Cl)C(=O)Nc1ccccc1C#N. The molecule has 3 N–H and O–H groups in total. The van der Waals surface area contributed by atoms with Crippen LogP contribution in [0.1, 0.15) is 31.0 Å². The number of anilines is 1. The fourth-order valence-corrected chi connectivity index (χ4v) is 3.01. The summed E-state index contributed by atoms with van der Waals surface area (Å²) >= 11 is 12.1. The zero-order valence-electron chi connectivity index (χ0n) is 13.4. The number of para-hydroxylation sites is 1. The number of carbonyl (C=O) groups is 1. The van der Waals surface area contributed by atoms with Crippen molar-refractivity contribution in [2.24, 2.45) is 0 Å². The van der Waals surface area contributed by atoms with Crippen LogP contribution in [0.2, 0.25) is 10.0 Å². The number of rotatable bonds is 5. The molecule has 2 atom stereocenters. The van der Waals surface area contributed by atoms with E-state index < -0.39 is 0 Å². The Balaban J connectivity index is 2.04. The molecule has 24 heavy (non-hydrogen) atoms. The lowest BCUT2D eigenvalue weighted by Crippen LogP contribution is -2.91. The average Bonchev–Trinajstić information content (AvgIpc) is 2.55. The van der Waals surface area contributed by atoms with Gasteiger partial charge in [-0.3, -0.25) is 4.79 Å². The smallest absolute Gasteiger partial charge is 0.282 e. The number of hydrogen-bond acceptors (Lipinski definition) is 2. The number of amides is 1. The van der Waals surface area contributed by atoms with Crippen molar-refractivity contribution < 1.29 is 10.1 Å². The van der Waals surface area contributed by atoms with Crippen LogP contribution < -0.4 is 10.6 Å². The summed E-state index contributed by atoms with van der Waals surface area (Å²) in [5.41, 5.74) is 1.87. The molecule has 0 bridgehead atoms. The van der Waals surface area contributed by atoms with Gasteiger partial charge in [0.15, 0.2) is 6.04 Å². The maximum absolute atomic E-state index is 12.4. The first-order chi connectivity index (χ1) is 11.4. The summed E-state index contributed by atoms with van der Waals surface area (Å²) in [5, 5.41) is 14.9. The molecule has 1 amide bonds. The third-order valence-corrected chi connectivity index (χ3v) is 4.31.